The molecular weight excluding hydrogens is 326 g/mol. The zero-order valence-corrected chi connectivity index (χ0v) is 14.4. The van der Waals surface area contributed by atoms with Crippen LogP contribution in [0.5, 0.6) is 0 Å². The van der Waals surface area contributed by atoms with E-state index in [1.54, 1.807) is 12.4 Å². The van der Waals surface area contributed by atoms with Crippen molar-refractivity contribution in [1.29, 1.82) is 0 Å². The number of aryl methyl sites for hydroxylation is 2. The largest absolute Gasteiger partial charge is 0.352 e. The predicted molar refractivity (Wildman–Crippen MR) is 103 cm³/mol. The maximum Gasteiger partial charge on any atom is 0.158 e. The van der Waals surface area contributed by atoms with Crippen LogP contribution in [0, 0.1) is 13.8 Å². The third kappa shape index (κ3) is 2.25. The number of nitrogens with zero attached hydrogens (tertiary/aromatic N) is 3. The van der Waals surface area contributed by atoms with E-state index < -0.39 is 0 Å². The lowest BCUT2D eigenvalue weighted by atomic mass is 10.1. The van der Waals surface area contributed by atoms with Gasteiger partial charge in [-0.25, -0.2) is 9.97 Å². The zero-order chi connectivity index (χ0) is 17.7. The molecular formula is C19H17N7. The predicted octanol–water partition coefficient (Wildman–Crippen LogP) is 4.19. The highest BCUT2D eigenvalue weighted by atomic mass is 15.2. The summed E-state index contributed by atoms with van der Waals surface area (Å²) in [6.45, 7) is 4.20. The molecule has 0 fully saturated rings. The lowest BCUT2D eigenvalue weighted by Gasteiger charge is -2.06. The molecule has 0 atom stereocenters. The van der Waals surface area contributed by atoms with Crippen molar-refractivity contribution < 1.29 is 0 Å². The number of fused-ring (bicyclic) bond motifs is 2. The van der Waals surface area contributed by atoms with Crippen molar-refractivity contribution in [3.8, 4) is 11.5 Å². The number of benzene rings is 1. The van der Waals surface area contributed by atoms with E-state index in [2.05, 4.69) is 56.4 Å². The van der Waals surface area contributed by atoms with Gasteiger partial charge in [-0.1, -0.05) is 0 Å². The van der Waals surface area contributed by atoms with Crippen LogP contribution in [0.3, 0.4) is 0 Å². The molecule has 0 saturated heterocycles. The topological polar surface area (TPSA) is 98.1 Å². The molecule has 4 heterocycles. The second kappa shape index (κ2) is 5.45. The molecule has 7 heteroatoms. The minimum atomic E-state index is 0.754. The fourth-order valence-electron chi connectivity index (χ4n) is 3.16. The lowest BCUT2D eigenvalue weighted by molar-refractivity contribution is 1.08. The van der Waals surface area contributed by atoms with Gasteiger partial charge in [0.05, 0.1) is 28.6 Å². The van der Waals surface area contributed by atoms with Crippen LogP contribution in [0.4, 0.5) is 11.4 Å². The first kappa shape index (κ1) is 14.7. The monoisotopic (exact) mass is 343 g/mol. The smallest absolute Gasteiger partial charge is 0.158 e. The normalized spacial score (nSPS) is 11.5. The molecule has 4 N–H and O–H groups in total. The summed E-state index contributed by atoms with van der Waals surface area (Å²) in [5.41, 5.74) is 7.90. The third-order valence-corrected chi connectivity index (χ3v) is 4.70. The van der Waals surface area contributed by atoms with Crippen molar-refractivity contribution in [2.24, 2.45) is 0 Å². The van der Waals surface area contributed by atoms with E-state index in [0.717, 1.165) is 45.0 Å². The van der Waals surface area contributed by atoms with Crippen molar-refractivity contribution in [2.45, 2.75) is 13.8 Å². The van der Waals surface area contributed by atoms with Crippen LogP contribution in [-0.2, 0) is 0 Å². The van der Waals surface area contributed by atoms with E-state index in [-0.39, 0.29) is 0 Å². The first-order valence-electron chi connectivity index (χ1n) is 8.39. The highest BCUT2D eigenvalue weighted by Gasteiger charge is 2.14. The van der Waals surface area contributed by atoms with Crippen molar-refractivity contribution in [2.75, 3.05) is 5.32 Å². The molecule has 0 amide bonds. The summed E-state index contributed by atoms with van der Waals surface area (Å²) in [6.07, 6.45) is 5.41. The second-order valence-electron chi connectivity index (χ2n) is 6.42. The average molecular weight is 343 g/mol. The molecule has 0 aliphatic carbocycles. The SMILES string of the molecule is Cc1cc2nc(-c3[nH]ncc3Nc3ccnc4[nH]ccc34)[nH]c2cc1C. The Labute approximate surface area is 148 Å². The summed E-state index contributed by atoms with van der Waals surface area (Å²) in [5, 5.41) is 11.7. The quantitative estimate of drug-likeness (QED) is 0.395. The van der Waals surface area contributed by atoms with Gasteiger partial charge < -0.3 is 15.3 Å². The molecule has 5 rings (SSSR count). The lowest BCUT2D eigenvalue weighted by Crippen LogP contribution is -1.93. The molecule has 5 aromatic rings. The van der Waals surface area contributed by atoms with Crippen LogP contribution in [0.25, 0.3) is 33.6 Å². The number of aromatic amines is 3. The van der Waals surface area contributed by atoms with Crippen LogP contribution in [-0.4, -0.2) is 30.1 Å². The fourth-order valence-corrected chi connectivity index (χ4v) is 3.16. The Morgan fingerprint density at radius 1 is 1.04 bits per heavy atom. The van der Waals surface area contributed by atoms with E-state index in [4.69, 9.17) is 4.98 Å². The van der Waals surface area contributed by atoms with Gasteiger partial charge in [-0.15, -0.1) is 0 Å². The Balaban J connectivity index is 1.58. The molecule has 0 radical (unpaired) electrons. The summed E-state index contributed by atoms with van der Waals surface area (Å²) >= 11 is 0. The maximum atomic E-state index is 4.73. The summed E-state index contributed by atoms with van der Waals surface area (Å²) in [6, 6.07) is 8.16. The number of aromatic nitrogens is 6. The first-order chi connectivity index (χ1) is 12.7. The molecule has 0 unspecified atom stereocenters. The van der Waals surface area contributed by atoms with Crippen molar-refractivity contribution in [3.05, 3.63) is 54.0 Å². The van der Waals surface area contributed by atoms with Gasteiger partial charge in [0.15, 0.2) is 5.82 Å². The third-order valence-electron chi connectivity index (χ3n) is 4.70. The van der Waals surface area contributed by atoms with Crippen molar-refractivity contribution in [1.82, 2.24) is 30.1 Å². The number of hydrogen-bond donors (Lipinski definition) is 4. The number of hydrogen-bond acceptors (Lipinski definition) is 4. The van der Waals surface area contributed by atoms with Gasteiger partial charge in [-0.2, -0.15) is 5.10 Å². The Morgan fingerprint density at radius 3 is 2.85 bits per heavy atom. The minimum Gasteiger partial charge on any atom is -0.352 e. The highest BCUT2D eigenvalue weighted by molar-refractivity contribution is 5.93. The average Bonchev–Trinajstić information content (AvgIpc) is 3.34. The van der Waals surface area contributed by atoms with E-state index in [0.29, 0.717) is 0 Å². The summed E-state index contributed by atoms with van der Waals surface area (Å²) in [5.74, 6) is 0.754. The Bertz CT molecular complexity index is 1200. The van der Waals surface area contributed by atoms with E-state index in [1.807, 2.05) is 18.3 Å². The second-order valence-corrected chi connectivity index (χ2v) is 6.42. The molecule has 26 heavy (non-hydrogen) atoms. The van der Waals surface area contributed by atoms with Crippen LogP contribution >= 0.6 is 0 Å². The van der Waals surface area contributed by atoms with Gasteiger partial charge in [0.2, 0.25) is 0 Å². The molecule has 0 bridgehead atoms. The first-order valence-corrected chi connectivity index (χ1v) is 8.39. The Kier molecular flexibility index (Phi) is 3.08. The number of rotatable bonds is 3. The van der Waals surface area contributed by atoms with E-state index >= 15 is 0 Å². The van der Waals surface area contributed by atoms with Crippen LogP contribution in [0.15, 0.2) is 42.9 Å². The van der Waals surface area contributed by atoms with Crippen molar-refractivity contribution >= 4 is 33.4 Å². The number of H-pyrrole nitrogens is 3. The van der Waals surface area contributed by atoms with Gasteiger partial charge >= 0.3 is 0 Å². The summed E-state index contributed by atoms with van der Waals surface area (Å²) < 4.78 is 0. The van der Waals surface area contributed by atoms with Crippen LogP contribution < -0.4 is 5.32 Å². The minimum absolute atomic E-state index is 0.754. The molecule has 7 nitrogen and oxygen atoms in total. The number of pyridine rings is 1. The molecule has 128 valence electrons. The highest BCUT2D eigenvalue weighted by Crippen LogP contribution is 2.30. The molecule has 0 saturated carbocycles. The number of anilines is 2. The van der Waals surface area contributed by atoms with Gasteiger partial charge in [0.1, 0.15) is 11.3 Å². The maximum absolute atomic E-state index is 4.73. The Morgan fingerprint density at radius 2 is 1.92 bits per heavy atom. The van der Waals surface area contributed by atoms with E-state index in [9.17, 15) is 0 Å². The van der Waals surface area contributed by atoms with Gasteiger partial charge in [-0.05, 0) is 49.2 Å². The number of imidazole rings is 1. The van der Waals surface area contributed by atoms with Crippen molar-refractivity contribution in [3.63, 3.8) is 0 Å². The summed E-state index contributed by atoms with van der Waals surface area (Å²) in [7, 11) is 0. The molecule has 0 spiro atoms. The van der Waals surface area contributed by atoms with Gasteiger partial charge in [-0.3, -0.25) is 5.10 Å². The van der Waals surface area contributed by atoms with Gasteiger partial charge in [0.25, 0.3) is 0 Å². The molecule has 1 aromatic carbocycles. The molecule has 0 aliphatic heterocycles. The van der Waals surface area contributed by atoms with Crippen LogP contribution in [0.1, 0.15) is 11.1 Å². The fraction of sp³-hybridized carbons (Fsp3) is 0.105. The van der Waals surface area contributed by atoms with Gasteiger partial charge in [0, 0.05) is 17.8 Å². The molecule has 0 aliphatic rings. The standard InChI is InChI=1S/C19H17N7/c1-10-7-14-15(8-11(10)2)25-19(24-14)17-16(9-22-26-17)23-13-4-6-21-18-12(13)3-5-20-18/h3-9H,1-2H3,(H,22,26)(H,24,25)(H2,20,21,23). The zero-order valence-electron chi connectivity index (χ0n) is 14.4. The molecule has 4 aromatic heterocycles. The number of nitrogens with one attached hydrogen (secondary N) is 4. The summed E-state index contributed by atoms with van der Waals surface area (Å²) in [4.78, 5) is 15.6. The van der Waals surface area contributed by atoms with E-state index in [1.165, 1.54) is 11.1 Å². The van der Waals surface area contributed by atoms with Crippen LogP contribution in [0.2, 0.25) is 0 Å². The Hall–Kier alpha value is -3.61.